The van der Waals surface area contributed by atoms with Crippen LogP contribution in [0.5, 0.6) is 0 Å². The average Bonchev–Trinajstić information content (AvgIpc) is 2.98. The maximum absolute atomic E-state index is 13.9. The molecule has 0 spiro atoms. The molecular weight excluding hydrogens is 556 g/mol. The van der Waals surface area contributed by atoms with E-state index in [-0.39, 0.29) is 23.4 Å². The molecule has 43 heavy (non-hydrogen) atoms. The number of rotatable bonds is 9. The summed E-state index contributed by atoms with van der Waals surface area (Å²) in [4.78, 5) is 30.8. The van der Waals surface area contributed by atoms with Gasteiger partial charge in [0.05, 0.1) is 18.2 Å². The predicted octanol–water partition coefficient (Wildman–Crippen LogP) is 5.40. The minimum absolute atomic E-state index is 0.0435. The first-order chi connectivity index (χ1) is 20.6. The number of piperidine rings is 1. The Morgan fingerprint density at radius 1 is 1.07 bits per heavy atom. The molecule has 2 aromatic carbocycles. The third-order valence-electron chi connectivity index (χ3n) is 9.35. The fourth-order valence-electron chi connectivity index (χ4n) is 7.18. The van der Waals surface area contributed by atoms with Crippen LogP contribution in [0.15, 0.2) is 47.4 Å². The molecule has 2 fully saturated rings. The number of carbonyl (C=O) groups excluding carboxylic acids is 2. The number of thioether (sulfide) groups is 1. The fourth-order valence-corrected chi connectivity index (χ4v) is 8.21. The van der Waals surface area contributed by atoms with E-state index in [1.165, 1.54) is 25.7 Å². The summed E-state index contributed by atoms with van der Waals surface area (Å²) < 4.78 is 0. The SMILES string of the molecule is Cc1ccc2c(c1C(=O)N[C@H](CSc1ccccc1)[C@@H](O)CN1C[C@H]3CCCC[C@H]3C[C@H]1C(=O)NC(C)(C)C)CCCN2. The number of β-amino-alcohol motifs (C(OH)–C–C–N with tert-alkyl or cyclic N) is 1. The summed E-state index contributed by atoms with van der Waals surface area (Å²) >= 11 is 1.64. The Morgan fingerprint density at radius 3 is 2.56 bits per heavy atom. The number of nitrogens with one attached hydrogen (secondary N) is 3. The van der Waals surface area contributed by atoms with Crippen LogP contribution in [0.25, 0.3) is 0 Å². The molecule has 0 radical (unpaired) electrons. The van der Waals surface area contributed by atoms with E-state index in [0.717, 1.165) is 59.6 Å². The van der Waals surface area contributed by atoms with Crippen molar-refractivity contribution in [3.63, 3.8) is 0 Å². The summed E-state index contributed by atoms with van der Waals surface area (Å²) in [5, 5.41) is 21.8. The lowest BCUT2D eigenvalue weighted by atomic mass is 9.72. The van der Waals surface area contributed by atoms with Crippen LogP contribution in [0.4, 0.5) is 5.69 Å². The molecular formula is C35H50N4O3S. The molecule has 1 aliphatic carbocycles. The number of nitrogens with zero attached hydrogens (tertiary/aromatic N) is 1. The van der Waals surface area contributed by atoms with Crippen molar-refractivity contribution in [1.29, 1.82) is 0 Å². The maximum atomic E-state index is 13.9. The van der Waals surface area contributed by atoms with Crippen LogP contribution in [-0.4, -0.2) is 70.9 Å². The van der Waals surface area contributed by atoms with Crippen LogP contribution in [0.2, 0.25) is 0 Å². The highest BCUT2D eigenvalue weighted by atomic mass is 32.2. The largest absolute Gasteiger partial charge is 0.390 e. The lowest BCUT2D eigenvalue weighted by Gasteiger charge is -2.47. The monoisotopic (exact) mass is 606 g/mol. The first-order valence-electron chi connectivity index (χ1n) is 16.2. The van der Waals surface area contributed by atoms with E-state index in [1.807, 2.05) is 52.0 Å². The summed E-state index contributed by atoms with van der Waals surface area (Å²) in [7, 11) is 0. The van der Waals surface area contributed by atoms with Gasteiger partial charge in [0.1, 0.15) is 0 Å². The van der Waals surface area contributed by atoms with Gasteiger partial charge in [-0.15, -0.1) is 11.8 Å². The van der Waals surface area contributed by atoms with Crippen molar-refractivity contribution >= 4 is 29.3 Å². The van der Waals surface area contributed by atoms with Gasteiger partial charge in [-0.05, 0) is 94.5 Å². The van der Waals surface area contributed by atoms with Gasteiger partial charge in [0.2, 0.25) is 5.91 Å². The van der Waals surface area contributed by atoms with Crippen molar-refractivity contribution < 1.29 is 14.7 Å². The molecule has 3 aliphatic rings. The van der Waals surface area contributed by atoms with E-state index < -0.39 is 12.1 Å². The molecule has 0 unspecified atom stereocenters. The maximum Gasteiger partial charge on any atom is 0.252 e. The highest BCUT2D eigenvalue weighted by molar-refractivity contribution is 7.99. The number of likely N-dealkylation sites (tertiary alicyclic amines) is 1. The molecule has 7 nitrogen and oxygen atoms in total. The van der Waals surface area contributed by atoms with E-state index in [4.69, 9.17) is 0 Å². The molecule has 4 N–H and O–H groups in total. The number of aliphatic hydroxyl groups is 1. The molecule has 5 rings (SSSR count). The van der Waals surface area contributed by atoms with Crippen molar-refractivity contribution in [2.24, 2.45) is 11.8 Å². The zero-order chi connectivity index (χ0) is 30.6. The second-order valence-corrected chi connectivity index (χ2v) is 14.9. The molecule has 1 saturated heterocycles. The molecule has 2 aliphatic heterocycles. The van der Waals surface area contributed by atoms with Crippen molar-refractivity contribution in [2.75, 3.05) is 30.7 Å². The third-order valence-corrected chi connectivity index (χ3v) is 10.5. The van der Waals surface area contributed by atoms with Gasteiger partial charge in [-0.2, -0.15) is 0 Å². The van der Waals surface area contributed by atoms with Crippen molar-refractivity contribution in [3.05, 3.63) is 59.2 Å². The molecule has 1 saturated carbocycles. The Bertz CT molecular complexity index is 1260. The predicted molar refractivity (Wildman–Crippen MR) is 176 cm³/mol. The molecule has 0 aromatic heterocycles. The molecule has 0 bridgehead atoms. The quantitative estimate of drug-likeness (QED) is 0.286. The molecule has 2 heterocycles. The van der Waals surface area contributed by atoms with Gasteiger partial charge in [-0.25, -0.2) is 0 Å². The number of aryl methyl sites for hydroxylation is 1. The first kappa shape index (κ1) is 31.9. The lowest BCUT2D eigenvalue weighted by molar-refractivity contribution is -0.132. The zero-order valence-electron chi connectivity index (χ0n) is 26.3. The van der Waals surface area contributed by atoms with Crippen LogP contribution >= 0.6 is 11.8 Å². The number of fused-ring (bicyclic) bond motifs is 2. The van der Waals surface area contributed by atoms with E-state index in [9.17, 15) is 14.7 Å². The summed E-state index contributed by atoms with van der Waals surface area (Å²) in [5.41, 5.74) is 3.43. The molecule has 234 valence electrons. The van der Waals surface area contributed by atoms with Gasteiger partial charge >= 0.3 is 0 Å². The molecule has 8 heteroatoms. The Labute approximate surface area is 262 Å². The van der Waals surface area contributed by atoms with Gasteiger partial charge in [-0.3, -0.25) is 14.5 Å². The summed E-state index contributed by atoms with van der Waals surface area (Å²) in [6, 6.07) is 13.4. The Morgan fingerprint density at radius 2 is 1.81 bits per heavy atom. The van der Waals surface area contributed by atoms with Gasteiger partial charge in [0.15, 0.2) is 0 Å². The van der Waals surface area contributed by atoms with Gasteiger partial charge in [0, 0.05) is 47.1 Å². The number of amides is 2. The number of benzene rings is 2. The van der Waals surface area contributed by atoms with E-state index in [0.29, 0.717) is 24.1 Å². The Hall–Kier alpha value is -2.55. The number of aliphatic hydroxyl groups excluding tert-OH is 1. The highest BCUT2D eigenvalue weighted by Gasteiger charge is 2.42. The fraction of sp³-hybridized carbons (Fsp3) is 0.600. The third kappa shape index (κ3) is 8.14. The standard InChI is InChI=1S/C35H50N4O3S/c1-23-16-17-28-27(15-10-18-36-28)32(23)34(42)37-29(22-43-26-13-6-5-7-14-26)31(40)21-39-20-25-12-9-8-11-24(25)19-30(39)33(41)38-35(2,3)4/h5-7,13-14,16-17,24-25,29-31,36,40H,8-12,15,18-22H2,1-4H3,(H,37,42)(H,38,41)/t24-,25+,29+,30-,31-/m0/s1. The van der Waals surface area contributed by atoms with Crippen LogP contribution < -0.4 is 16.0 Å². The van der Waals surface area contributed by atoms with Gasteiger partial charge in [-0.1, -0.05) is 43.5 Å². The average molecular weight is 607 g/mol. The summed E-state index contributed by atoms with van der Waals surface area (Å²) in [6.45, 7) is 10.1. The van der Waals surface area contributed by atoms with E-state index in [1.54, 1.807) is 11.8 Å². The zero-order valence-corrected chi connectivity index (χ0v) is 27.1. The number of anilines is 1. The summed E-state index contributed by atoms with van der Waals surface area (Å²) in [6.07, 6.45) is 6.68. The van der Waals surface area contributed by atoms with E-state index >= 15 is 0 Å². The highest BCUT2D eigenvalue weighted by Crippen LogP contribution is 2.39. The van der Waals surface area contributed by atoms with Crippen LogP contribution in [-0.2, 0) is 11.2 Å². The number of hydrogen-bond donors (Lipinski definition) is 4. The normalized spacial score (nSPS) is 23.7. The number of carbonyl (C=O) groups is 2. The van der Waals surface area contributed by atoms with Gasteiger partial charge in [0.25, 0.3) is 5.91 Å². The van der Waals surface area contributed by atoms with Crippen molar-refractivity contribution in [3.8, 4) is 0 Å². The minimum Gasteiger partial charge on any atom is -0.390 e. The second kappa shape index (κ2) is 14.0. The first-order valence-corrected chi connectivity index (χ1v) is 17.2. The molecule has 5 atom stereocenters. The molecule has 2 amide bonds. The van der Waals surface area contributed by atoms with Crippen LogP contribution in [0.1, 0.15) is 80.8 Å². The van der Waals surface area contributed by atoms with E-state index in [2.05, 4.69) is 39.0 Å². The summed E-state index contributed by atoms with van der Waals surface area (Å²) in [5.74, 6) is 1.55. The lowest BCUT2D eigenvalue weighted by Crippen LogP contribution is -2.60. The molecule has 2 aromatic rings. The second-order valence-electron chi connectivity index (χ2n) is 13.8. The van der Waals surface area contributed by atoms with Crippen molar-refractivity contribution in [1.82, 2.24) is 15.5 Å². The van der Waals surface area contributed by atoms with Crippen molar-refractivity contribution in [2.45, 2.75) is 101 Å². The van der Waals surface area contributed by atoms with Gasteiger partial charge < -0.3 is 21.1 Å². The Kier molecular flexibility index (Phi) is 10.4. The number of hydrogen-bond acceptors (Lipinski definition) is 6. The van der Waals surface area contributed by atoms with Crippen LogP contribution in [0.3, 0.4) is 0 Å². The van der Waals surface area contributed by atoms with Crippen LogP contribution in [0, 0.1) is 18.8 Å². The minimum atomic E-state index is -0.830. The Balaban J connectivity index is 1.37. The topological polar surface area (TPSA) is 93.7 Å². The smallest absolute Gasteiger partial charge is 0.252 e.